The van der Waals surface area contributed by atoms with E-state index < -0.39 is 0 Å². The molecule has 5 nitrogen and oxygen atoms in total. The molecule has 3 rings (SSSR count). The quantitative estimate of drug-likeness (QED) is 0.859. The van der Waals surface area contributed by atoms with Gasteiger partial charge in [0.2, 0.25) is 5.95 Å². The zero-order valence-electron chi connectivity index (χ0n) is 11.1. The van der Waals surface area contributed by atoms with Crippen molar-refractivity contribution >= 4 is 5.95 Å². The molecule has 1 aromatic heterocycles. The maximum Gasteiger partial charge on any atom is 0.245 e. The lowest BCUT2D eigenvalue weighted by Crippen LogP contribution is -2.43. The SMILES string of the molecule is Cc1cccc(-c2nc(N3CCCC(N)C3)n[nH]2)c1. The van der Waals surface area contributed by atoms with Crippen molar-refractivity contribution in [2.75, 3.05) is 18.0 Å². The summed E-state index contributed by atoms with van der Waals surface area (Å²) in [5.74, 6) is 1.57. The predicted molar refractivity (Wildman–Crippen MR) is 76.0 cm³/mol. The number of benzene rings is 1. The van der Waals surface area contributed by atoms with Gasteiger partial charge < -0.3 is 10.6 Å². The number of rotatable bonds is 2. The average molecular weight is 257 g/mol. The van der Waals surface area contributed by atoms with Crippen LogP contribution in [-0.2, 0) is 0 Å². The largest absolute Gasteiger partial charge is 0.338 e. The first-order valence-corrected chi connectivity index (χ1v) is 6.72. The summed E-state index contributed by atoms with van der Waals surface area (Å²) in [6.45, 7) is 3.90. The van der Waals surface area contributed by atoms with Crippen LogP contribution >= 0.6 is 0 Å². The molecule has 0 saturated carbocycles. The minimum absolute atomic E-state index is 0.231. The van der Waals surface area contributed by atoms with E-state index in [9.17, 15) is 0 Å². The summed E-state index contributed by atoms with van der Waals surface area (Å²) in [5, 5.41) is 7.33. The minimum Gasteiger partial charge on any atom is -0.338 e. The van der Waals surface area contributed by atoms with Crippen molar-refractivity contribution in [2.45, 2.75) is 25.8 Å². The maximum absolute atomic E-state index is 5.99. The molecule has 0 aliphatic carbocycles. The second-order valence-corrected chi connectivity index (χ2v) is 5.20. The average Bonchev–Trinajstić information content (AvgIpc) is 2.88. The van der Waals surface area contributed by atoms with E-state index in [1.807, 2.05) is 12.1 Å². The summed E-state index contributed by atoms with van der Waals surface area (Å²) in [5.41, 5.74) is 8.28. The Morgan fingerprint density at radius 1 is 1.42 bits per heavy atom. The van der Waals surface area contributed by atoms with Crippen LogP contribution in [-0.4, -0.2) is 34.3 Å². The van der Waals surface area contributed by atoms with E-state index in [4.69, 9.17) is 5.73 Å². The zero-order chi connectivity index (χ0) is 13.2. The molecule has 2 heterocycles. The first-order chi connectivity index (χ1) is 9.22. The minimum atomic E-state index is 0.231. The smallest absolute Gasteiger partial charge is 0.245 e. The molecule has 0 spiro atoms. The van der Waals surface area contributed by atoms with Crippen LogP contribution in [0.15, 0.2) is 24.3 Å². The molecule has 0 bridgehead atoms. The molecule has 1 saturated heterocycles. The summed E-state index contributed by atoms with van der Waals surface area (Å²) < 4.78 is 0. The van der Waals surface area contributed by atoms with E-state index in [0.29, 0.717) is 0 Å². The second-order valence-electron chi connectivity index (χ2n) is 5.20. The fraction of sp³-hybridized carbons (Fsp3) is 0.429. The van der Waals surface area contributed by atoms with Crippen LogP contribution in [0.25, 0.3) is 11.4 Å². The third-order valence-corrected chi connectivity index (χ3v) is 3.51. The third kappa shape index (κ3) is 2.61. The number of piperidine rings is 1. The van der Waals surface area contributed by atoms with Crippen LogP contribution in [0, 0.1) is 6.92 Å². The fourth-order valence-electron chi connectivity index (χ4n) is 2.51. The monoisotopic (exact) mass is 257 g/mol. The van der Waals surface area contributed by atoms with Gasteiger partial charge in [-0.15, -0.1) is 5.10 Å². The Bertz CT molecular complexity index is 562. The molecule has 1 aliphatic rings. The Balaban J connectivity index is 1.83. The molecule has 1 aliphatic heterocycles. The molecule has 1 fully saturated rings. The van der Waals surface area contributed by atoms with Gasteiger partial charge >= 0.3 is 0 Å². The summed E-state index contributed by atoms with van der Waals surface area (Å²) in [7, 11) is 0. The fourth-order valence-corrected chi connectivity index (χ4v) is 2.51. The Kier molecular flexibility index (Phi) is 3.21. The van der Waals surface area contributed by atoms with E-state index in [-0.39, 0.29) is 6.04 Å². The first kappa shape index (κ1) is 12.2. The molecule has 3 N–H and O–H groups in total. The second kappa shape index (κ2) is 5.01. The van der Waals surface area contributed by atoms with Crippen molar-refractivity contribution in [2.24, 2.45) is 5.73 Å². The number of nitrogens with one attached hydrogen (secondary N) is 1. The van der Waals surface area contributed by atoms with Gasteiger partial charge in [-0.25, -0.2) is 0 Å². The molecule has 1 aromatic carbocycles. The molecule has 19 heavy (non-hydrogen) atoms. The van der Waals surface area contributed by atoms with Gasteiger partial charge in [0, 0.05) is 24.7 Å². The number of aryl methyl sites for hydroxylation is 1. The van der Waals surface area contributed by atoms with Crippen molar-refractivity contribution in [1.82, 2.24) is 15.2 Å². The van der Waals surface area contributed by atoms with Gasteiger partial charge in [0.1, 0.15) is 0 Å². The number of H-pyrrole nitrogens is 1. The van der Waals surface area contributed by atoms with Crippen molar-refractivity contribution in [3.05, 3.63) is 29.8 Å². The third-order valence-electron chi connectivity index (χ3n) is 3.51. The highest BCUT2D eigenvalue weighted by Gasteiger charge is 2.20. The van der Waals surface area contributed by atoms with E-state index >= 15 is 0 Å². The van der Waals surface area contributed by atoms with Crippen LogP contribution in [0.4, 0.5) is 5.95 Å². The highest BCUT2D eigenvalue weighted by molar-refractivity contribution is 5.57. The van der Waals surface area contributed by atoms with E-state index in [0.717, 1.165) is 43.3 Å². The van der Waals surface area contributed by atoms with Gasteiger partial charge in [0.15, 0.2) is 5.82 Å². The number of hydrogen-bond donors (Lipinski definition) is 2. The van der Waals surface area contributed by atoms with Crippen LogP contribution in [0.5, 0.6) is 0 Å². The number of anilines is 1. The van der Waals surface area contributed by atoms with E-state index in [1.165, 1.54) is 5.56 Å². The lowest BCUT2D eigenvalue weighted by atomic mass is 10.1. The molecular weight excluding hydrogens is 238 g/mol. The molecular formula is C14H19N5. The molecule has 2 aromatic rings. The van der Waals surface area contributed by atoms with Gasteiger partial charge in [-0.3, -0.25) is 5.10 Å². The highest BCUT2D eigenvalue weighted by atomic mass is 15.4. The molecule has 1 unspecified atom stereocenters. The van der Waals surface area contributed by atoms with Gasteiger partial charge in [-0.2, -0.15) is 4.98 Å². The summed E-state index contributed by atoms with van der Waals surface area (Å²) in [6, 6.07) is 8.48. The summed E-state index contributed by atoms with van der Waals surface area (Å²) >= 11 is 0. The Morgan fingerprint density at radius 3 is 3.11 bits per heavy atom. The van der Waals surface area contributed by atoms with Crippen LogP contribution in [0.3, 0.4) is 0 Å². The van der Waals surface area contributed by atoms with Gasteiger partial charge in [0.25, 0.3) is 0 Å². The predicted octanol–water partition coefficient (Wildman–Crippen LogP) is 1.71. The number of aromatic amines is 1. The normalized spacial score (nSPS) is 19.7. The van der Waals surface area contributed by atoms with Crippen molar-refractivity contribution < 1.29 is 0 Å². The Morgan fingerprint density at radius 2 is 2.32 bits per heavy atom. The van der Waals surface area contributed by atoms with Crippen LogP contribution < -0.4 is 10.6 Å². The number of aromatic nitrogens is 3. The number of nitrogens with zero attached hydrogens (tertiary/aromatic N) is 3. The standard InChI is InChI=1S/C14H19N5/c1-10-4-2-5-11(8-10)13-16-14(18-17-13)19-7-3-6-12(15)9-19/h2,4-5,8,12H,3,6-7,9,15H2,1H3,(H,16,17,18). The van der Waals surface area contributed by atoms with Crippen molar-refractivity contribution in [3.63, 3.8) is 0 Å². The molecule has 1 atom stereocenters. The van der Waals surface area contributed by atoms with E-state index in [2.05, 4.69) is 39.1 Å². The summed E-state index contributed by atoms with van der Waals surface area (Å²) in [6.07, 6.45) is 2.20. The van der Waals surface area contributed by atoms with Crippen LogP contribution in [0.1, 0.15) is 18.4 Å². The Labute approximate surface area is 112 Å². The van der Waals surface area contributed by atoms with Gasteiger partial charge in [-0.05, 0) is 25.8 Å². The van der Waals surface area contributed by atoms with Gasteiger partial charge in [-0.1, -0.05) is 23.8 Å². The lowest BCUT2D eigenvalue weighted by molar-refractivity contribution is 0.500. The maximum atomic E-state index is 5.99. The zero-order valence-corrected chi connectivity index (χ0v) is 11.1. The first-order valence-electron chi connectivity index (χ1n) is 6.72. The topological polar surface area (TPSA) is 70.8 Å². The molecule has 0 radical (unpaired) electrons. The highest BCUT2D eigenvalue weighted by Crippen LogP contribution is 2.20. The number of nitrogens with two attached hydrogens (primary N) is 1. The lowest BCUT2D eigenvalue weighted by Gasteiger charge is -2.29. The van der Waals surface area contributed by atoms with Gasteiger partial charge in [0.05, 0.1) is 0 Å². The molecule has 100 valence electrons. The molecule has 5 heteroatoms. The molecule has 0 amide bonds. The van der Waals surface area contributed by atoms with Crippen molar-refractivity contribution in [1.29, 1.82) is 0 Å². The van der Waals surface area contributed by atoms with Crippen molar-refractivity contribution in [3.8, 4) is 11.4 Å². The summed E-state index contributed by atoms with van der Waals surface area (Å²) in [4.78, 5) is 6.74. The Hall–Kier alpha value is -1.88. The van der Waals surface area contributed by atoms with E-state index in [1.54, 1.807) is 0 Å². The number of hydrogen-bond acceptors (Lipinski definition) is 4. The van der Waals surface area contributed by atoms with Crippen LogP contribution in [0.2, 0.25) is 0 Å².